The highest BCUT2D eigenvalue weighted by molar-refractivity contribution is 6.33. The zero-order chi connectivity index (χ0) is 16.9. The van der Waals surface area contributed by atoms with Crippen molar-refractivity contribution >= 4 is 23.2 Å². The second-order valence-electron chi connectivity index (χ2n) is 6.51. The van der Waals surface area contributed by atoms with Gasteiger partial charge in [0.05, 0.1) is 10.7 Å². The summed E-state index contributed by atoms with van der Waals surface area (Å²) in [6, 6.07) is 16.1. The number of aryl methyl sites for hydroxylation is 1. The number of halogens is 1. The van der Waals surface area contributed by atoms with Gasteiger partial charge in [0.1, 0.15) is 0 Å². The van der Waals surface area contributed by atoms with Gasteiger partial charge in [0, 0.05) is 12.5 Å². The van der Waals surface area contributed by atoms with Gasteiger partial charge in [0.25, 0.3) is 0 Å². The molecule has 0 atom stereocenters. The summed E-state index contributed by atoms with van der Waals surface area (Å²) in [4.78, 5) is 14.9. The Morgan fingerprint density at radius 3 is 2.46 bits per heavy atom. The molecule has 1 aliphatic rings. The molecule has 1 N–H and O–H groups in total. The summed E-state index contributed by atoms with van der Waals surface area (Å²) in [5, 5.41) is 3.55. The van der Waals surface area contributed by atoms with Gasteiger partial charge in [-0.05, 0) is 50.6 Å². The van der Waals surface area contributed by atoms with Gasteiger partial charge in [0.2, 0.25) is 5.91 Å². The number of nitrogens with one attached hydrogen (secondary N) is 1. The van der Waals surface area contributed by atoms with E-state index in [1.807, 2.05) is 18.2 Å². The van der Waals surface area contributed by atoms with Crippen molar-refractivity contribution in [2.45, 2.75) is 26.3 Å². The van der Waals surface area contributed by atoms with Crippen molar-refractivity contribution in [2.75, 3.05) is 18.4 Å². The molecule has 0 aliphatic carbocycles. The number of anilines is 1. The smallest absolute Gasteiger partial charge is 0.227 e. The fourth-order valence-corrected chi connectivity index (χ4v) is 3.29. The van der Waals surface area contributed by atoms with Crippen LogP contribution in [0.15, 0.2) is 48.5 Å². The number of nitrogens with zero attached hydrogens (tertiary/aromatic N) is 1. The molecule has 1 amide bonds. The average molecular weight is 343 g/mol. The molecule has 0 bridgehead atoms. The quantitative estimate of drug-likeness (QED) is 0.887. The zero-order valence-corrected chi connectivity index (χ0v) is 14.7. The minimum Gasteiger partial charge on any atom is -0.325 e. The van der Waals surface area contributed by atoms with E-state index in [9.17, 15) is 4.79 Å². The van der Waals surface area contributed by atoms with Crippen molar-refractivity contribution in [3.63, 3.8) is 0 Å². The Hall–Kier alpha value is -1.84. The third kappa shape index (κ3) is 4.37. The normalized spacial score (nSPS) is 16.1. The Labute approximate surface area is 148 Å². The number of para-hydroxylation sites is 1. The van der Waals surface area contributed by atoms with Crippen LogP contribution in [0.3, 0.4) is 0 Å². The van der Waals surface area contributed by atoms with Crippen LogP contribution in [0.1, 0.15) is 24.0 Å². The average Bonchev–Trinajstić information content (AvgIpc) is 2.59. The molecule has 1 saturated heterocycles. The van der Waals surface area contributed by atoms with Crippen LogP contribution in [0.5, 0.6) is 0 Å². The first kappa shape index (κ1) is 17.0. The topological polar surface area (TPSA) is 32.3 Å². The molecular formula is C20H23ClN2O. The maximum atomic E-state index is 12.4. The van der Waals surface area contributed by atoms with E-state index >= 15 is 0 Å². The summed E-state index contributed by atoms with van der Waals surface area (Å²) in [7, 11) is 0. The van der Waals surface area contributed by atoms with Crippen LogP contribution in [0, 0.1) is 12.8 Å². The van der Waals surface area contributed by atoms with Crippen molar-refractivity contribution in [3.8, 4) is 0 Å². The first-order valence-electron chi connectivity index (χ1n) is 8.45. The highest BCUT2D eigenvalue weighted by Crippen LogP contribution is 2.24. The lowest BCUT2D eigenvalue weighted by molar-refractivity contribution is -0.121. The molecule has 2 aromatic carbocycles. The largest absolute Gasteiger partial charge is 0.325 e. The van der Waals surface area contributed by atoms with Crippen molar-refractivity contribution in [2.24, 2.45) is 5.92 Å². The number of carbonyl (C=O) groups excluding carboxylic acids is 1. The van der Waals surface area contributed by atoms with Gasteiger partial charge in [-0.1, -0.05) is 53.6 Å². The van der Waals surface area contributed by atoms with E-state index in [-0.39, 0.29) is 11.8 Å². The third-order valence-corrected chi connectivity index (χ3v) is 4.95. The van der Waals surface area contributed by atoms with E-state index < -0.39 is 0 Å². The van der Waals surface area contributed by atoms with Crippen LogP contribution >= 0.6 is 11.6 Å². The number of amides is 1. The van der Waals surface area contributed by atoms with Crippen LogP contribution < -0.4 is 5.32 Å². The summed E-state index contributed by atoms with van der Waals surface area (Å²) < 4.78 is 0. The van der Waals surface area contributed by atoms with E-state index in [0.29, 0.717) is 10.7 Å². The van der Waals surface area contributed by atoms with Crippen LogP contribution in [0.2, 0.25) is 5.02 Å². The molecule has 3 nitrogen and oxygen atoms in total. The van der Waals surface area contributed by atoms with E-state index in [4.69, 9.17) is 11.6 Å². The molecule has 1 fully saturated rings. The van der Waals surface area contributed by atoms with Crippen LogP contribution in [0.25, 0.3) is 0 Å². The molecular weight excluding hydrogens is 320 g/mol. The predicted octanol–water partition coefficient (Wildman–Crippen LogP) is 4.50. The van der Waals surface area contributed by atoms with Crippen molar-refractivity contribution in [1.82, 2.24) is 4.90 Å². The Balaban J connectivity index is 1.50. The van der Waals surface area contributed by atoms with Gasteiger partial charge in [-0.15, -0.1) is 0 Å². The molecule has 0 aromatic heterocycles. The van der Waals surface area contributed by atoms with Crippen molar-refractivity contribution in [3.05, 3.63) is 64.7 Å². The predicted molar refractivity (Wildman–Crippen MR) is 99.3 cm³/mol. The summed E-state index contributed by atoms with van der Waals surface area (Å²) in [5.74, 6) is 0.147. The Morgan fingerprint density at radius 1 is 1.12 bits per heavy atom. The molecule has 2 aromatic rings. The van der Waals surface area contributed by atoms with E-state index in [1.54, 1.807) is 6.07 Å². The Morgan fingerprint density at radius 2 is 1.79 bits per heavy atom. The minimum atomic E-state index is 0.0653. The third-order valence-electron chi connectivity index (χ3n) is 4.62. The molecule has 1 aliphatic heterocycles. The maximum Gasteiger partial charge on any atom is 0.227 e. The van der Waals surface area contributed by atoms with Crippen LogP contribution in [0.4, 0.5) is 5.69 Å². The summed E-state index contributed by atoms with van der Waals surface area (Å²) >= 11 is 6.11. The second-order valence-corrected chi connectivity index (χ2v) is 6.91. The van der Waals surface area contributed by atoms with Crippen molar-refractivity contribution in [1.29, 1.82) is 0 Å². The minimum absolute atomic E-state index is 0.0653. The van der Waals surface area contributed by atoms with Gasteiger partial charge >= 0.3 is 0 Å². The standard InChI is InChI=1S/C20H23ClN2O/c1-15-6-8-16(9-7-15)14-23-12-10-17(11-13-23)20(24)22-19-5-3-2-4-18(19)21/h2-9,17H,10-14H2,1H3,(H,22,24). The number of hydrogen-bond acceptors (Lipinski definition) is 2. The SMILES string of the molecule is Cc1ccc(CN2CCC(C(=O)Nc3ccccc3Cl)CC2)cc1. The van der Waals surface area contributed by atoms with Crippen LogP contribution in [-0.4, -0.2) is 23.9 Å². The number of benzene rings is 2. The molecule has 0 unspecified atom stereocenters. The molecule has 0 saturated carbocycles. The molecule has 0 radical (unpaired) electrons. The highest BCUT2D eigenvalue weighted by Gasteiger charge is 2.25. The molecule has 0 spiro atoms. The van der Waals surface area contributed by atoms with Gasteiger partial charge in [0.15, 0.2) is 0 Å². The molecule has 1 heterocycles. The lowest BCUT2D eigenvalue weighted by atomic mass is 9.95. The Bertz CT molecular complexity index is 691. The first-order valence-corrected chi connectivity index (χ1v) is 8.83. The zero-order valence-electron chi connectivity index (χ0n) is 14.0. The van der Waals surface area contributed by atoms with E-state index in [1.165, 1.54) is 11.1 Å². The van der Waals surface area contributed by atoms with E-state index in [0.717, 1.165) is 32.5 Å². The summed E-state index contributed by atoms with van der Waals surface area (Å²) in [6.45, 7) is 4.97. The number of likely N-dealkylation sites (tertiary alicyclic amines) is 1. The second kappa shape index (κ2) is 7.82. The highest BCUT2D eigenvalue weighted by atomic mass is 35.5. The van der Waals surface area contributed by atoms with Crippen molar-refractivity contribution < 1.29 is 4.79 Å². The molecule has 126 valence electrons. The van der Waals surface area contributed by atoms with Gasteiger partial charge in [-0.3, -0.25) is 9.69 Å². The molecule has 3 rings (SSSR count). The summed E-state index contributed by atoms with van der Waals surface area (Å²) in [6.07, 6.45) is 1.78. The monoisotopic (exact) mass is 342 g/mol. The van der Waals surface area contributed by atoms with Gasteiger partial charge < -0.3 is 5.32 Å². The summed E-state index contributed by atoms with van der Waals surface area (Å²) in [5.41, 5.74) is 3.32. The first-order chi connectivity index (χ1) is 11.6. The van der Waals surface area contributed by atoms with Gasteiger partial charge in [-0.2, -0.15) is 0 Å². The fraction of sp³-hybridized carbons (Fsp3) is 0.350. The van der Waals surface area contributed by atoms with E-state index in [2.05, 4.69) is 41.4 Å². The lowest BCUT2D eigenvalue weighted by Crippen LogP contribution is -2.37. The molecule has 24 heavy (non-hydrogen) atoms. The fourth-order valence-electron chi connectivity index (χ4n) is 3.10. The number of piperidine rings is 1. The number of rotatable bonds is 4. The molecule has 4 heteroatoms. The number of carbonyl (C=O) groups is 1. The van der Waals surface area contributed by atoms with Crippen LogP contribution in [-0.2, 0) is 11.3 Å². The lowest BCUT2D eigenvalue weighted by Gasteiger charge is -2.31. The number of hydrogen-bond donors (Lipinski definition) is 1. The maximum absolute atomic E-state index is 12.4. The van der Waals surface area contributed by atoms with Gasteiger partial charge in [-0.25, -0.2) is 0 Å². The Kier molecular flexibility index (Phi) is 5.54.